The monoisotopic (exact) mass is 360 g/mol. The molecule has 4 rings (SSSR count). The van der Waals surface area contributed by atoms with Crippen LogP contribution in [-0.4, -0.2) is 24.3 Å². The number of hydrogen-bond acceptors (Lipinski definition) is 2. The lowest BCUT2D eigenvalue weighted by molar-refractivity contribution is 0.391. The van der Waals surface area contributed by atoms with Crippen LogP contribution in [0.5, 0.6) is 0 Å². The highest BCUT2D eigenvalue weighted by molar-refractivity contribution is 7.89. The van der Waals surface area contributed by atoms with Gasteiger partial charge in [0, 0.05) is 41.1 Å². The molecule has 0 saturated heterocycles. The molecule has 0 bridgehead atoms. The second kappa shape index (κ2) is 5.62. The van der Waals surface area contributed by atoms with Crippen molar-refractivity contribution in [3.63, 3.8) is 0 Å². The Morgan fingerprint density at radius 3 is 2.62 bits per heavy atom. The molecule has 3 aromatic rings. The molecule has 24 heavy (non-hydrogen) atoms. The molecule has 4 nitrogen and oxygen atoms in total. The lowest BCUT2D eigenvalue weighted by Crippen LogP contribution is -2.35. The molecule has 1 aromatic heterocycles. The van der Waals surface area contributed by atoms with Crippen molar-refractivity contribution in [1.29, 1.82) is 0 Å². The average molecular weight is 361 g/mol. The summed E-state index contributed by atoms with van der Waals surface area (Å²) in [5.74, 6) is 0. The van der Waals surface area contributed by atoms with Gasteiger partial charge in [-0.1, -0.05) is 23.2 Å². The first-order valence-electron chi connectivity index (χ1n) is 7.81. The van der Waals surface area contributed by atoms with Gasteiger partial charge in [0.05, 0.1) is 4.90 Å². The van der Waals surface area contributed by atoms with Gasteiger partial charge in [-0.05, 0) is 48.9 Å². The van der Waals surface area contributed by atoms with Crippen LogP contribution in [0.4, 0.5) is 0 Å². The fraction of sp³-hybridized carbons (Fsp3) is 0.222. The van der Waals surface area contributed by atoms with Crippen LogP contribution in [-0.2, 0) is 23.0 Å². The SMILES string of the molecule is Cc1ccc2[nH]c3c(c2c1)CN(S(=O)(=O)c1ccc(Cl)cc1)CC3. The molecule has 0 radical (unpaired) electrons. The summed E-state index contributed by atoms with van der Waals surface area (Å²) in [5, 5.41) is 1.64. The Bertz CT molecular complexity index is 1020. The van der Waals surface area contributed by atoms with Crippen molar-refractivity contribution in [1.82, 2.24) is 9.29 Å². The molecule has 2 heterocycles. The number of fused-ring (bicyclic) bond motifs is 3. The van der Waals surface area contributed by atoms with E-state index in [0.29, 0.717) is 24.5 Å². The molecule has 0 fully saturated rings. The highest BCUT2D eigenvalue weighted by Gasteiger charge is 2.30. The largest absolute Gasteiger partial charge is 0.358 e. The molecule has 1 aliphatic rings. The van der Waals surface area contributed by atoms with Crippen molar-refractivity contribution in [2.24, 2.45) is 0 Å². The van der Waals surface area contributed by atoms with Crippen molar-refractivity contribution in [3.05, 3.63) is 64.3 Å². The predicted molar refractivity (Wildman–Crippen MR) is 95.8 cm³/mol. The van der Waals surface area contributed by atoms with Gasteiger partial charge < -0.3 is 4.98 Å². The number of halogens is 1. The first-order valence-corrected chi connectivity index (χ1v) is 9.63. The Kier molecular flexibility index (Phi) is 3.67. The zero-order valence-corrected chi connectivity index (χ0v) is 14.8. The van der Waals surface area contributed by atoms with E-state index >= 15 is 0 Å². The summed E-state index contributed by atoms with van der Waals surface area (Å²) >= 11 is 5.87. The smallest absolute Gasteiger partial charge is 0.243 e. The van der Waals surface area contributed by atoms with Crippen LogP contribution in [0.25, 0.3) is 10.9 Å². The van der Waals surface area contributed by atoms with E-state index in [-0.39, 0.29) is 4.90 Å². The van der Waals surface area contributed by atoms with Crippen LogP contribution >= 0.6 is 11.6 Å². The maximum atomic E-state index is 12.9. The molecular formula is C18H17ClN2O2S. The van der Waals surface area contributed by atoms with E-state index in [4.69, 9.17) is 11.6 Å². The topological polar surface area (TPSA) is 53.2 Å². The first-order chi connectivity index (χ1) is 11.4. The second-order valence-electron chi connectivity index (χ2n) is 6.17. The number of aromatic amines is 1. The van der Waals surface area contributed by atoms with Gasteiger partial charge in [0.15, 0.2) is 0 Å². The molecule has 2 aromatic carbocycles. The third-order valence-corrected chi connectivity index (χ3v) is 6.66. The van der Waals surface area contributed by atoms with E-state index in [1.807, 2.05) is 6.92 Å². The van der Waals surface area contributed by atoms with Gasteiger partial charge in [-0.15, -0.1) is 0 Å². The fourth-order valence-electron chi connectivity index (χ4n) is 3.26. The van der Waals surface area contributed by atoms with E-state index in [1.54, 1.807) is 28.6 Å². The maximum absolute atomic E-state index is 12.9. The quantitative estimate of drug-likeness (QED) is 0.754. The van der Waals surface area contributed by atoms with Crippen LogP contribution in [0, 0.1) is 6.92 Å². The number of nitrogens with one attached hydrogen (secondary N) is 1. The number of nitrogens with zero attached hydrogens (tertiary/aromatic N) is 1. The molecule has 0 aliphatic carbocycles. The minimum absolute atomic E-state index is 0.284. The van der Waals surface area contributed by atoms with Crippen molar-refractivity contribution < 1.29 is 8.42 Å². The van der Waals surface area contributed by atoms with Crippen molar-refractivity contribution in [3.8, 4) is 0 Å². The number of rotatable bonds is 2. The number of aryl methyl sites for hydroxylation is 1. The predicted octanol–water partition coefficient (Wildman–Crippen LogP) is 3.88. The Morgan fingerprint density at radius 2 is 1.88 bits per heavy atom. The average Bonchev–Trinajstić information content (AvgIpc) is 2.92. The summed E-state index contributed by atoms with van der Waals surface area (Å²) in [4.78, 5) is 3.71. The molecule has 0 saturated carbocycles. The molecule has 6 heteroatoms. The highest BCUT2D eigenvalue weighted by atomic mass is 35.5. The van der Waals surface area contributed by atoms with Crippen molar-refractivity contribution in [2.75, 3.05) is 6.54 Å². The standard InChI is InChI=1S/C18H17ClN2O2S/c1-12-2-7-17-15(10-12)16-11-21(9-8-18(16)20-17)24(22,23)14-5-3-13(19)4-6-14/h2-7,10,20H,8-9,11H2,1H3. The normalized spacial score (nSPS) is 15.6. The number of aromatic nitrogens is 1. The zero-order chi connectivity index (χ0) is 16.9. The molecule has 0 amide bonds. The van der Waals surface area contributed by atoms with E-state index in [2.05, 4.69) is 23.2 Å². The summed E-state index contributed by atoms with van der Waals surface area (Å²) in [5.41, 5.74) is 4.45. The molecule has 0 unspecified atom stereocenters. The molecule has 0 atom stereocenters. The summed E-state index contributed by atoms with van der Waals surface area (Å²) in [6, 6.07) is 12.6. The Labute approximate surface area is 146 Å². The van der Waals surface area contributed by atoms with Gasteiger partial charge in [-0.2, -0.15) is 4.31 Å². The van der Waals surface area contributed by atoms with Gasteiger partial charge in [-0.3, -0.25) is 0 Å². The third-order valence-electron chi connectivity index (χ3n) is 4.55. The van der Waals surface area contributed by atoms with E-state index in [0.717, 1.165) is 22.2 Å². The number of H-pyrrole nitrogens is 1. The van der Waals surface area contributed by atoms with Crippen LogP contribution in [0.3, 0.4) is 0 Å². The van der Waals surface area contributed by atoms with Gasteiger partial charge in [0.25, 0.3) is 0 Å². The van der Waals surface area contributed by atoms with Crippen LogP contribution < -0.4 is 0 Å². The van der Waals surface area contributed by atoms with E-state index in [1.165, 1.54) is 5.56 Å². The van der Waals surface area contributed by atoms with Gasteiger partial charge >= 0.3 is 0 Å². The fourth-order valence-corrected chi connectivity index (χ4v) is 4.80. The van der Waals surface area contributed by atoms with Crippen molar-refractivity contribution in [2.45, 2.75) is 24.8 Å². The van der Waals surface area contributed by atoms with Gasteiger partial charge in [0.2, 0.25) is 10.0 Å². The number of benzene rings is 2. The third kappa shape index (κ3) is 2.53. The van der Waals surface area contributed by atoms with Crippen LogP contribution in [0.2, 0.25) is 5.02 Å². The second-order valence-corrected chi connectivity index (χ2v) is 8.55. The van der Waals surface area contributed by atoms with Crippen LogP contribution in [0.1, 0.15) is 16.8 Å². The molecule has 124 valence electrons. The van der Waals surface area contributed by atoms with Gasteiger partial charge in [-0.25, -0.2) is 8.42 Å². The van der Waals surface area contributed by atoms with Gasteiger partial charge in [0.1, 0.15) is 0 Å². The Hall–Kier alpha value is -1.82. The Morgan fingerprint density at radius 1 is 1.12 bits per heavy atom. The van der Waals surface area contributed by atoms with Crippen LogP contribution in [0.15, 0.2) is 47.4 Å². The molecule has 1 aliphatic heterocycles. The first kappa shape index (κ1) is 15.7. The Balaban J connectivity index is 1.74. The summed E-state index contributed by atoms with van der Waals surface area (Å²) < 4.78 is 27.4. The lowest BCUT2D eigenvalue weighted by Gasteiger charge is -2.26. The molecule has 0 spiro atoms. The lowest BCUT2D eigenvalue weighted by atomic mass is 10.0. The summed E-state index contributed by atoms with van der Waals surface area (Å²) in [6.07, 6.45) is 0.690. The highest BCUT2D eigenvalue weighted by Crippen LogP contribution is 2.31. The zero-order valence-electron chi connectivity index (χ0n) is 13.2. The molecule has 1 N–H and O–H groups in total. The summed E-state index contributed by atoms with van der Waals surface area (Å²) in [7, 11) is -3.52. The number of sulfonamides is 1. The van der Waals surface area contributed by atoms with E-state index in [9.17, 15) is 8.42 Å². The van der Waals surface area contributed by atoms with E-state index < -0.39 is 10.0 Å². The van der Waals surface area contributed by atoms with Crippen molar-refractivity contribution >= 4 is 32.5 Å². The minimum Gasteiger partial charge on any atom is -0.358 e. The molecular weight excluding hydrogens is 344 g/mol. The maximum Gasteiger partial charge on any atom is 0.243 e. The summed E-state index contributed by atoms with van der Waals surface area (Å²) in [6.45, 7) is 2.91. The number of hydrogen-bond donors (Lipinski definition) is 1. The minimum atomic E-state index is -3.52.